The molecule has 1 aromatic carbocycles. The Morgan fingerprint density at radius 2 is 1.56 bits per heavy atom. The standard InChI is InChI=1S/C23H35N3O/c27-22-9-12-23(20-26(22)16-10-21-7-2-1-3-8-21)11-6-15-25(19-23)18-17-24-13-4-5-14-24/h1-3,7-8H,4-6,9-20H2/t23-/m0/s1. The fraction of sp³-hybridized carbons (Fsp3) is 0.696. The van der Waals surface area contributed by atoms with Gasteiger partial charge in [-0.15, -0.1) is 0 Å². The van der Waals surface area contributed by atoms with E-state index in [4.69, 9.17) is 0 Å². The van der Waals surface area contributed by atoms with Crippen molar-refractivity contribution in [3.8, 4) is 0 Å². The lowest BCUT2D eigenvalue weighted by atomic mass is 9.73. The van der Waals surface area contributed by atoms with E-state index >= 15 is 0 Å². The number of amides is 1. The van der Waals surface area contributed by atoms with Crippen LogP contribution in [0.2, 0.25) is 0 Å². The minimum Gasteiger partial charge on any atom is -0.342 e. The maximum Gasteiger partial charge on any atom is 0.222 e. The van der Waals surface area contributed by atoms with E-state index in [2.05, 4.69) is 45.0 Å². The van der Waals surface area contributed by atoms with Crippen LogP contribution in [0.25, 0.3) is 0 Å². The van der Waals surface area contributed by atoms with Crippen LogP contribution in [0.5, 0.6) is 0 Å². The van der Waals surface area contributed by atoms with Gasteiger partial charge >= 0.3 is 0 Å². The second kappa shape index (κ2) is 8.74. The molecule has 3 heterocycles. The predicted molar refractivity (Wildman–Crippen MR) is 110 cm³/mol. The largest absolute Gasteiger partial charge is 0.342 e. The summed E-state index contributed by atoms with van der Waals surface area (Å²) in [6.07, 6.45) is 8.15. The summed E-state index contributed by atoms with van der Waals surface area (Å²) in [5.41, 5.74) is 1.68. The number of carbonyl (C=O) groups is 1. The molecule has 3 saturated heterocycles. The highest BCUT2D eigenvalue weighted by molar-refractivity contribution is 5.77. The molecular weight excluding hydrogens is 334 g/mol. The third-order valence-corrected chi connectivity index (χ3v) is 6.93. The van der Waals surface area contributed by atoms with Crippen molar-refractivity contribution >= 4 is 5.91 Å². The first kappa shape index (κ1) is 18.9. The predicted octanol–water partition coefficient (Wildman–Crippen LogP) is 3.03. The SMILES string of the molecule is O=C1CC[C@]2(CCCN(CCN3CCCC3)C2)CN1CCc1ccccc1. The molecule has 0 bridgehead atoms. The van der Waals surface area contributed by atoms with Gasteiger partial charge < -0.3 is 14.7 Å². The molecular formula is C23H35N3O. The molecule has 3 aliphatic heterocycles. The number of likely N-dealkylation sites (tertiary alicyclic amines) is 3. The number of hydrogen-bond donors (Lipinski definition) is 0. The number of benzene rings is 1. The van der Waals surface area contributed by atoms with Crippen molar-refractivity contribution < 1.29 is 4.79 Å². The van der Waals surface area contributed by atoms with Crippen LogP contribution < -0.4 is 0 Å². The maximum absolute atomic E-state index is 12.5. The first-order chi connectivity index (χ1) is 13.2. The van der Waals surface area contributed by atoms with Gasteiger partial charge in [0.15, 0.2) is 0 Å². The van der Waals surface area contributed by atoms with E-state index in [-0.39, 0.29) is 0 Å². The summed E-state index contributed by atoms with van der Waals surface area (Å²) in [5, 5.41) is 0. The van der Waals surface area contributed by atoms with Crippen molar-refractivity contribution in [3.05, 3.63) is 35.9 Å². The van der Waals surface area contributed by atoms with Gasteiger partial charge in [-0.05, 0) is 63.7 Å². The number of nitrogens with zero attached hydrogens (tertiary/aromatic N) is 3. The van der Waals surface area contributed by atoms with Crippen LogP contribution in [-0.4, -0.2) is 73.0 Å². The summed E-state index contributed by atoms with van der Waals surface area (Å²) in [6.45, 7) is 9.30. The van der Waals surface area contributed by atoms with Gasteiger partial charge in [0.1, 0.15) is 0 Å². The fourth-order valence-corrected chi connectivity index (χ4v) is 5.34. The van der Waals surface area contributed by atoms with E-state index in [0.717, 1.165) is 32.4 Å². The van der Waals surface area contributed by atoms with E-state index in [1.54, 1.807) is 0 Å². The third kappa shape index (κ3) is 4.91. The summed E-state index contributed by atoms with van der Waals surface area (Å²) in [5.74, 6) is 0.366. The molecule has 0 aliphatic carbocycles. The van der Waals surface area contributed by atoms with E-state index < -0.39 is 0 Å². The average Bonchev–Trinajstić information content (AvgIpc) is 3.22. The zero-order valence-corrected chi connectivity index (χ0v) is 16.7. The molecule has 1 aromatic rings. The Kier molecular flexibility index (Phi) is 6.14. The quantitative estimate of drug-likeness (QED) is 0.771. The van der Waals surface area contributed by atoms with Crippen molar-refractivity contribution in [1.29, 1.82) is 0 Å². The molecule has 4 heteroatoms. The lowest BCUT2D eigenvalue weighted by Crippen LogP contribution is -2.55. The van der Waals surface area contributed by atoms with Crippen LogP contribution in [0.3, 0.4) is 0 Å². The van der Waals surface area contributed by atoms with Crippen molar-refractivity contribution in [1.82, 2.24) is 14.7 Å². The van der Waals surface area contributed by atoms with Crippen LogP contribution in [0.1, 0.15) is 44.1 Å². The van der Waals surface area contributed by atoms with Crippen molar-refractivity contribution in [3.63, 3.8) is 0 Å². The van der Waals surface area contributed by atoms with Crippen molar-refractivity contribution in [2.45, 2.75) is 44.9 Å². The Balaban J connectivity index is 1.31. The molecule has 0 radical (unpaired) electrons. The summed E-state index contributed by atoms with van der Waals surface area (Å²) < 4.78 is 0. The Morgan fingerprint density at radius 3 is 2.37 bits per heavy atom. The first-order valence-corrected chi connectivity index (χ1v) is 11.0. The highest BCUT2D eigenvalue weighted by Crippen LogP contribution is 2.38. The van der Waals surface area contributed by atoms with Gasteiger partial charge in [-0.2, -0.15) is 0 Å². The first-order valence-electron chi connectivity index (χ1n) is 11.0. The van der Waals surface area contributed by atoms with Crippen molar-refractivity contribution in [2.24, 2.45) is 5.41 Å². The molecule has 148 valence electrons. The minimum absolute atomic E-state index is 0.341. The molecule has 0 saturated carbocycles. The highest BCUT2D eigenvalue weighted by Gasteiger charge is 2.41. The molecule has 0 aromatic heterocycles. The van der Waals surface area contributed by atoms with Gasteiger partial charge in [0.25, 0.3) is 0 Å². The van der Waals surface area contributed by atoms with Gasteiger partial charge in [0.05, 0.1) is 0 Å². The lowest BCUT2D eigenvalue weighted by Gasteiger charge is -2.48. The van der Waals surface area contributed by atoms with Crippen LogP contribution in [0.15, 0.2) is 30.3 Å². The number of rotatable bonds is 6. The topological polar surface area (TPSA) is 26.8 Å². The number of hydrogen-bond acceptors (Lipinski definition) is 3. The number of carbonyl (C=O) groups excluding carboxylic acids is 1. The van der Waals surface area contributed by atoms with Crippen LogP contribution in [-0.2, 0) is 11.2 Å². The molecule has 4 rings (SSSR count). The van der Waals surface area contributed by atoms with Gasteiger partial charge in [-0.3, -0.25) is 4.79 Å². The average molecular weight is 370 g/mol. The Labute approximate surface area is 164 Å². The van der Waals surface area contributed by atoms with Gasteiger partial charge in [-0.25, -0.2) is 0 Å². The van der Waals surface area contributed by atoms with Gasteiger partial charge in [0.2, 0.25) is 5.91 Å². The normalized spacial score (nSPS) is 27.6. The van der Waals surface area contributed by atoms with Crippen LogP contribution in [0.4, 0.5) is 0 Å². The Hall–Kier alpha value is -1.39. The summed E-state index contributed by atoms with van der Waals surface area (Å²) in [6, 6.07) is 10.6. The van der Waals surface area contributed by atoms with Crippen molar-refractivity contribution in [2.75, 3.05) is 52.4 Å². The molecule has 3 aliphatic rings. The smallest absolute Gasteiger partial charge is 0.222 e. The minimum atomic E-state index is 0.341. The maximum atomic E-state index is 12.5. The second-order valence-corrected chi connectivity index (χ2v) is 8.98. The molecule has 1 atom stereocenters. The summed E-state index contributed by atoms with van der Waals surface area (Å²) in [7, 11) is 0. The monoisotopic (exact) mass is 369 g/mol. The Morgan fingerprint density at radius 1 is 0.815 bits per heavy atom. The van der Waals surface area contributed by atoms with E-state index in [1.165, 1.54) is 70.5 Å². The molecule has 27 heavy (non-hydrogen) atoms. The van der Waals surface area contributed by atoms with Gasteiger partial charge in [-0.1, -0.05) is 30.3 Å². The Bertz CT molecular complexity index is 613. The molecule has 0 unspecified atom stereocenters. The summed E-state index contributed by atoms with van der Waals surface area (Å²) >= 11 is 0. The van der Waals surface area contributed by atoms with E-state index in [0.29, 0.717) is 11.3 Å². The molecule has 3 fully saturated rings. The zero-order chi connectivity index (χ0) is 18.5. The van der Waals surface area contributed by atoms with Crippen LogP contribution in [0, 0.1) is 5.41 Å². The van der Waals surface area contributed by atoms with Crippen LogP contribution >= 0.6 is 0 Å². The molecule has 0 N–H and O–H groups in total. The lowest BCUT2D eigenvalue weighted by molar-refractivity contribution is -0.139. The third-order valence-electron chi connectivity index (χ3n) is 6.93. The van der Waals surface area contributed by atoms with Gasteiger partial charge in [0, 0.05) is 44.6 Å². The zero-order valence-electron chi connectivity index (χ0n) is 16.7. The number of piperidine rings is 2. The fourth-order valence-electron chi connectivity index (χ4n) is 5.34. The van der Waals surface area contributed by atoms with E-state index in [9.17, 15) is 4.79 Å². The highest BCUT2D eigenvalue weighted by atomic mass is 16.2. The van der Waals surface area contributed by atoms with E-state index in [1.807, 2.05) is 0 Å². The summed E-state index contributed by atoms with van der Waals surface area (Å²) in [4.78, 5) is 20.0. The molecule has 1 spiro atoms. The molecule has 1 amide bonds. The molecule has 4 nitrogen and oxygen atoms in total. The second-order valence-electron chi connectivity index (χ2n) is 8.98.